The summed E-state index contributed by atoms with van der Waals surface area (Å²) in [5.41, 5.74) is 1.30. The maximum absolute atomic E-state index is 10.6. The lowest BCUT2D eigenvalue weighted by Crippen LogP contribution is -1.97. The van der Waals surface area contributed by atoms with Crippen LogP contribution in [-0.4, -0.2) is 15.6 Å². The zero-order valence-corrected chi connectivity index (χ0v) is 6.66. The number of carbonyl (C=O) groups is 1. The first-order chi connectivity index (χ1) is 5.15. The zero-order valence-electron chi connectivity index (χ0n) is 6.66. The molecule has 0 radical (unpaired) electrons. The van der Waals surface area contributed by atoms with Crippen LogP contribution in [0.5, 0.6) is 0 Å². The lowest BCUT2D eigenvalue weighted by molar-refractivity contribution is 0.0696. The van der Waals surface area contributed by atoms with Gasteiger partial charge in [-0.15, -0.1) is 0 Å². The van der Waals surface area contributed by atoms with E-state index in [0.717, 1.165) is 12.0 Å². The van der Waals surface area contributed by atoms with Gasteiger partial charge in [-0.25, -0.2) is 4.79 Å². The summed E-state index contributed by atoms with van der Waals surface area (Å²) in [6.07, 6.45) is 4.23. The lowest BCUT2D eigenvalue weighted by Gasteiger charge is -1.91. The Morgan fingerprint density at radius 1 is 1.64 bits per heavy atom. The van der Waals surface area contributed by atoms with Crippen LogP contribution in [0.3, 0.4) is 0 Å². The van der Waals surface area contributed by atoms with Gasteiger partial charge in [0, 0.05) is 19.4 Å². The van der Waals surface area contributed by atoms with Gasteiger partial charge in [0.05, 0.1) is 5.56 Å². The molecule has 0 amide bonds. The zero-order chi connectivity index (χ0) is 8.43. The van der Waals surface area contributed by atoms with Crippen LogP contribution >= 0.6 is 0 Å². The predicted molar refractivity (Wildman–Crippen MR) is 41.8 cm³/mol. The van der Waals surface area contributed by atoms with Gasteiger partial charge in [-0.3, -0.25) is 0 Å². The molecule has 0 bridgehead atoms. The highest BCUT2D eigenvalue weighted by molar-refractivity contribution is 5.89. The first kappa shape index (κ1) is 7.85. The third-order valence-corrected chi connectivity index (χ3v) is 1.65. The molecule has 0 saturated carbocycles. The van der Waals surface area contributed by atoms with Crippen molar-refractivity contribution in [3.05, 3.63) is 23.5 Å². The molecule has 0 aromatic carbocycles. The molecule has 0 saturated heterocycles. The van der Waals surface area contributed by atoms with E-state index in [1.54, 1.807) is 10.8 Å². The molecule has 0 atom stereocenters. The van der Waals surface area contributed by atoms with E-state index < -0.39 is 5.97 Å². The fourth-order valence-corrected chi connectivity index (χ4v) is 1.11. The van der Waals surface area contributed by atoms with Gasteiger partial charge in [0.15, 0.2) is 0 Å². The normalized spacial score (nSPS) is 10.0. The second kappa shape index (κ2) is 2.78. The van der Waals surface area contributed by atoms with Crippen molar-refractivity contribution in [3.63, 3.8) is 0 Å². The molecule has 0 aliphatic carbocycles. The van der Waals surface area contributed by atoms with Crippen molar-refractivity contribution in [3.8, 4) is 0 Å². The molecule has 60 valence electrons. The van der Waals surface area contributed by atoms with E-state index in [-0.39, 0.29) is 0 Å². The number of carboxylic acids is 1. The van der Waals surface area contributed by atoms with Crippen molar-refractivity contribution in [2.75, 3.05) is 0 Å². The minimum atomic E-state index is -0.845. The molecule has 0 aliphatic rings. The summed E-state index contributed by atoms with van der Waals surface area (Å²) in [6, 6.07) is 0. The third-order valence-electron chi connectivity index (χ3n) is 1.65. The van der Waals surface area contributed by atoms with Gasteiger partial charge in [0.2, 0.25) is 0 Å². The lowest BCUT2D eigenvalue weighted by atomic mass is 10.1. The summed E-state index contributed by atoms with van der Waals surface area (Å²) >= 11 is 0. The Bertz CT molecular complexity index is 276. The van der Waals surface area contributed by atoms with E-state index >= 15 is 0 Å². The second-order valence-electron chi connectivity index (χ2n) is 2.52. The molecule has 1 aromatic rings. The molecule has 0 spiro atoms. The molecule has 3 nitrogen and oxygen atoms in total. The van der Waals surface area contributed by atoms with Crippen molar-refractivity contribution < 1.29 is 9.90 Å². The van der Waals surface area contributed by atoms with Crippen LogP contribution in [0.15, 0.2) is 12.4 Å². The van der Waals surface area contributed by atoms with E-state index in [1.807, 2.05) is 20.2 Å². The van der Waals surface area contributed by atoms with Crippen LogP contribution in [0.2, 0.25) is 0 Å². The predicted octanol–water partition coefficient (Wildman–Crippen LogP) is 1.29. The van der Waals surface area contributed by atoms with Crippen molar-refractivity contribution in [1.82, 2.24) is 4.57 Å². The van der Waals surface area contributed by atoms with Gasteiger partial charge in [0.1, 0.15) is 0 Å². The Labute approximate surface area is 65.3 Å². The number of aromatic carboxylic acids is 1. The maximum Gasteiger partial charge on any atom is 0.337 e. The van der Waals surface area contributed by atoms with Gasteiger partial charge in [-0.2, -0.15) is 0 Å². The van der Waals surface area contributed by atoms with Crippen LogP contribution < -0.4 is 0 Å². The summed E-state index contributed by atoms with van der Waals surface area (Å²) in [7, 11) is 1.82. The summed E-state index contributed by atoms with van der Waals surface area (Å²) < 4.78 is 1.77. The molecule has 0 unspecified atom stereocenters. The molecular formula is C8H11NO2. The topological polar surface area (TPSA) is 42.2 Å². The van der Waals surface area contributed by atoms with Gasteiger partial charge in [0.25, 0.3) is 0 Å². The summed E-state index contributed by atoms with van der Waals surface area (Å²) in [4.78, 5) is 10.6. The molecule has 1 heterocycles. The fourth-order valence-electron chi connectivity index (χ4n) is 1.11. The average molecular weight is 153 g/mol. The van der Waals surface area contributed by atoms with Crippen molar-refractivity contribution >= 4 is 5.97 Å². The molecular weight excluding hydrogens is 142 g/mol. The minimum Gasteiger partial charge on any atom is -0.478 e. The SMILES string of the molecule is CCc1cn(C)cc1C(=O)O. The molecule has 1 N–H and O–H groups in total. The van der Waals surface area contributed by atoms with Gasteiger partial charge >= 0.3 is 5.97 Å². The molecule has 1 aromatic heterocycles. The minimum absolute atomic E-state index is 0.412. The molecule has 3 heteroatoms. The van der Waals surface area contributed by atoms with E-state index in [4.69, 9.17) is 5.11 Å². The van der Waals surface area contributed by atoms with Gasteiger partial charge in [-0.05, 0) is 12.0 Å². The summed E-state index contributed by atoms with van der Waals surface area (Å²) in [5.74, 6) is -0.845. The highest BCUT2D eigenvalue weighted by Crippen LogP contribution is 2.09. The molecule has 0 aliphatic heterocycles. The monoisotopic (exact) mass is 153 g/mol. The Balaban J connectivity index is 3.12. The van der Waals surface area contributed by atoms with Crippen LogP contribution in [0.25, 0.3) is 0 Å². The van der Waals surface area contributed by atoms with Crippen molar-refractivity contribution in [2.45, 2.75) is 13.3 Å². The van der Waals surface area contributed by atoms with Crippen LogP contribution in [0.4, 0.5) is 0 Å². The summed E-state index contributed by atoms with van der Waals surface area (Å²) in [6.45, 7) is 1.95. The van der Waals surface area contributed by atoms with E-state index in [0.29, 0.717) is 5.56 Å². The molecule has 11 heavy (non-hydrogen) atoms. The number of aromatic nitrogens is 1. The Morgan fingerprint density at radius 2 is 2.27 bits per heavy atom. The highest BCUT2D eigenvalue weighted by atomic mass is 16.4. The van der Waals surface area contributed by atoms with Crippen LogP contribution in [-0.2, 0) is 13.5 Å². The number of hydrogen-bond acceptors (Lipinski definition) is 1. The van der Waals surface area contributed by atoms with E-state index in [1.165, 1.54) is 0 Å². The highest BCUT2D eigenvalue weighted by Gasteiger charge is 2.09. The Kier molecular flexibility index (Phi) is 1.98. The van der Waals surface area contributed by atoms with Gasteiger partial charge in [-0.1, -0.05) is 6.92 Å². The Morgan fingerprint density at radius 3 is 2.64 bits per heavy atom. The third kappa shape index (κ3) is 1.42. The van der Waals surface area contributed by atoms with E-state index in [9.17, 15) is 4.79 Å². The van der Waals surface area contributed by atoms with Gasteiger partial charge < -0.3 is 9.67 Å². The smallest absolute Gasteiger partial charge is 0.337 e. The number of nitrogens with zero attached hydrogens (tertiary/aromatic N) is 1. The number of hydrogen-bond donors (Lipinski definition) is 1. The molecule has 1 rings (SSSR count). The first-order valence-electron chi connectivity index (χ1n) is 3.53. The first-order valence-corrected chi connectivity index (χ1v) is 3.53. The van der Waals surface area contributed by atoms with Crippen molar-refractivity contribution in [2.24, 2.45) is 7.05 Å². The van der Waals surface area contributed by atoms with Crippen LogP contribution in [0.1, 0.15) is 22.8 Å². The Hall–Kier alpha value is -1.25. The quantitative estimate of drug-likeness (QED) is 0.695. The maximum atomic E-state index is 10.6. The largest absolute Gasteiger partial charge is 0.478 e. The number of rotatable bonds is 2. The van der Waals surface area contributed by atoms with E-state index in [2.05, 4.69) is 0 Å². The summed E-state index contributed by atoms with van der Waals surface area (Å²) in [5, 5.41) is 8.70. The standard InChI is InChI=1S/C8H11NO2/c1-3-6-4-9(2)5-7(6)8(10)11/h4-5H,3H2,1-2H3,(H,10,11). The number of carboxylic acid groups (broad SMARTS) is 1. The fraction of sp³-hybridized carbons (Fsp3) is 0.375. The number of aryl methyl sites for hydroxylation is 2. The second-order valence-corrected chi connectivity index (χ2v) is 2.52. The average Bonchev–Trinajstić information content (AvgIpc) is 2.30. The molecule has 0 fully saturated rings. The van der Waals surface area contributed by atoms with Crippen molar-refractivity contribution in [1.29, 1.82) is 0 Å². The van der Waals surface area contributed by atoms with Crippen LogP contribution in [0, 0.1) is 0 Å².